The summed E-state index contributed by atoms with van der Waals surface area (Å²) in [5.41, 5.74) is 0. The fourth-order valence-corrected chi connectivity index (χ4v) is 3.20. The second-order valence-electron chi connectivity index (χ2n) is 6.58. The molecule has 122 valence electrons. The maximum absolute atomic E-state index is 12.1. The van der Waals surface area contributed by atoms with Crippen molar-refractivity contribution in [1.82, 2.24) is 10.2 Å². The summed E-state index contributed by atoms with van der Waals surface area (Å²) in [7, 11) is 0. The van der Waals surface area contributed by atoms with Crippen molar-refractivity contribution in [2.45, 2.75) is 52.9 Å². The highest BCUT2D eigenvalue weighted by molar-refractivity contribution is 5.74. The van der Waals surface area contributed by atoms with Gasteiger partial charge in [0, 0.05) is 26.1 Å². The van der Waals surface area contributed by atoms with Gasteiger partial charge in [-0.15, -0.1) is 0 Å². The fourth-order valence-electron chi connectivity index (χ4n) is 3.20. The van der Waals surface area contributed by atoms with E-state index in [0.717, 1.165) is 25.9 Å². The van der Waals surface area contributed by atoms with Crippen molar-refractivity contribution in [3.8, 4) is 0 Å². The van der Waals surface area contributed by atoms with E-state index in [1.807, 2.05) is 4.90 Å². The minimum Gasteiger partial charge on any atom is -0.481 e. The Morgan fingerprint density at radius 2 is 1.86 bits per heavy atom. The van der Waals surface area contributed by atoms with Gasteiger partial charge < -0.3 is 15.3 Å². The Kier molecular flexibility index (Phi) is 7.54. The van der Waals surface area contributed by atoms with E-state index in [1.165, 1.54) is 6.42 Å². The van der Waals surface area contributed by atoms with E-state index in [4.69, 9.17) is 5.11 Å². The number of rotatable bonds is 7. The van der Waals surface area contributed by atoms with Crippen molar-refractivity contribution < 1.29 is 14.7 Å². The topological polar surface area (TPSA) is 69.6 Å². The summed E-state index contributed by atoms with van der Waals surface area (Å²) in [6.45, 7) is 8.77. The van der Waals surface area contributed by atoms with Crippen molar-refractivity contribution in [3.05, 3.63) is 0 Å². The zero-order valence-electron chi connectivity index (χ0n) is 13.6. The van der Waals surface area contributed by atoms with Crippen LogP contribution in [-0.4, -0.2) is 41.6 Å². The molecule has 0 aromatic heterocycles. The highest BCUT2D eigenvalue weighted by Crippen LogP contribution is 2.21. The van der Waals surface area contributed by atoms with Crippen molar-refractivity contribution in [2.24, 2.45) is 17.8 Å². The van der Waals surface area contributed by atoms with Crippen LogP contribution < -0.4 is 5.32 Å². The Morgan fingerprint density at radius 3 is 2.38 bits per heavy atom. The van der Waals surface area contributed by atoms with E-state index < -0.39 is 5.97 Å². The van der Waals surface area contributed by atoms with Gasteiger partial charge in [0.15, 0.2) is 0 Å². The molecular weight excluding hydrogens is 268 g/mol. The molecule has 1 saturated heterocycles. The lowest BCUT2D eigenvalue weighted by Gasteiger charge is -2.35. The number of aliphatic carboxylic acids is 1. The summed E-state index contributed by atoms with van der Waals surface area (Å²) in [5, 5.41) is 11.7. The lowest BCUT2D eigenvalue weighted by atomic mass is 9.92. The Labute approximate surface area is 128 Å². The molecule has 5 nitrogen and oxygen atoms in total. The van der Waals surface area contributed by atoms with Crippen LogP contribution in [0, 0.1) is 17.8 Å². The third kappa shape index (κ3) is 6.82. The second-order valence-corrected chi connectivity index (χ2v) is 6.58. The number of carbonyl (C=O) groups excluding carboxylic acids is 1. The molecular formula is C16H30N2O3. The molecule has 1 aliphatic heterocycles. The number of hydrogen-bond acceptors (Lipinski definition) is 2. The number of carbonyl (C=O) groups is 2. The number of hydrogen-bond donors (Lipinski definition) is 2. The van der Waals surface area contributed by atoms with E-state index in [0.29, 0.717) is 30.7 Å². The zero-order chi connectivity index (χ0) is 15.8. The SMILES string of the molecule is CCC(CCNC(=O)N1CC(C)CC(C)C1)CCC(=O)O. The van der Waals surface area contributed by atoms with Gasteiger partial charge in [0.1, 0.15) is 0 Å². The molecule has 2 amide bonds. The van der Waals surface area contributed by atoms with Gasteiger partial charge in [-0.2, -0.15) is 0 Å². The van der Waals surface area contributed by atoms with Crippen LogP contribution in [-0.2, 0) is 4.79 Å². The first-order chi connectivity index (χ1) is 9.92. The van der Waals surface area contributed by atoms with Gasteiger partial charge in [-0.05, 0) is 37.0 Å². The van der Waals surface area contributed by atoms with E-state index in [2.05, 4.69) is 26.1 Å². The first kappa shape index (κ1) is 17.8. The van der Waals surface area contributed by atoms with Gasteiger partial charge in [-0.25, -0.2) is 4.79 Å². The normalized spacial score (nSPS) is 23.7. The van der Waals surface area contributed by atoms with E-state index in [9.17, 15) is 9.59 Å². The molecule has 0 radical (unpaired) electrons. The molecule has 5 heteroatoms. The molecule has 2 N–H and O–H groups in total. The Hall–Kier alpha value is -1.26. The predicted molar refractivity (Wildman–Crippen MR) is 83.2 cm³/mol. The molecule has 0 saturated carbocycles. The van der Waals surface area contributed by atoms with Crippen LogP contribution >= 0.6 is 0 Å². The van der Waals surface area contributed by atoms with E-state index >= 15 is 0 Å². The van der Waals surface area contributed by atoms with Gasteiger partial charge >= 0.3 is 12.0 Å². The number of piperidine rings is 1. The first-order valence-electron chi connectivity index (χ1n) is 8.16. The number of carboxylic acids is 1. The molecule has 1 fully saturated rings. The highest BCUT2D eigenvalue weighted by Gasteiger charge is 2.25. The number of urea groups is 1. The quantitative estimate of drug-likeness (QED) is 0.759. The molecule has 0 aromatic carbocycles. The molecule has 0 bridgehead atoms. The van der Waals surface area contributed by atoms with Gasteiger partial charge in [-0.3, -0.25) is 4.79 Å². The Balaban J connectivity index is 2.27. The van der Waals surface area contributed by atoms with Crippen molar-refractivity contribution in [2.75, 3.05) is 19.6 Å². The largest absolute Gasteiger partial charge is 0.481 e. The fraction of sp³-hybridized carbons (Fsp3) is 0.875. The molecule has 0 aromatic rings. The molecule has 1 rings (SSSR count). The van der Waals surface area contributed by atoms with E-state index in [-0.39, 0.29) is 12.5 Å². The van der Waals surface area contributed by atoms with Gasteiger partial charge in [0.2, 0.25) is 0 Å². The summed E-state index contributed by atoms with van der Waals surface area (Å²) < 4.78 is 0. The summed E-state index contributed by atoms with van der Waals surface area (Å²) in [4.78, 5) is 24.7. The summed E-state index contributed by atoms with van der Waals surface area (Å²) >= 11 is 0. The molecule has 3 atom stereocenters. The Morgan fingerprint density at radius 1 is 1.24 bits per heavy atom. The van der Waals surface area contributed by atoms with Crippen molar-refractivity contribution in [1.29, 1.82) is 0 Å². The monoisotopic (exact) mass is 298 g/mol. The van der Waals surface area contributed by atoms with Crippen molar-refractivity contribution in [3.63, 3.8) is 0 Å². The molecule has 1 aliphatic rings. The maximum Gasteiger partial charge on any atom is 0.317 e. The van der Waals surface area contributed by atoms with E-state index in [1.54, 1.807) is 0 Å². The number of likely N-dealkylation sites (tertiary alicyclic amines) is 1. The van der Waals surface area contributed by atoms with Gasteiger partial charge in [0.25, 0.3) is 0 Å². The van der Waals surface area contributed by atoms with Gasteiger partial charge in [-0.1, -0.05) is 27.2 Å². The molecule has 0 aliphatic carbocycles. The van der Waals surface area contributed by atoms with Crippen LogP contribution in [0.2, 0.25) is 0 Å². The van der Waals surface area contributed by atoms with Crippen LogP contribution in [0.15, 0.2) is 0 Å². The third-order valence-electron chi connectivity index (χ3n) is 4.33. The number of amides is 2. The molecule has 21 heavy (non-hydrogen) atoms. The summed E-state index contributed by atoms with van der Waals surface area (Å²) in [6.07, 6.45) is 3.92. The van der Waals surface area contributed by atoms with Crippen LogP contribution in [0.3, 0.4) is 0 Å². The zero-order valence-corrected chi connectivity index (χ0v) is 13.6. The number of carboxylic acid groups (broad SMARTS) is 1. The third-order valence-corrected chi connectivity index (χ3v) is 4.33. The van der Waals surface area contributed by atoms with Crippen LogP contribution in [0.25, 0.3) is 0 Å². The number of nitrogens with zero attached hydrogens (tertiary/aromatic N) is 1. The lowest BCUT2D eigenvalue weighted by Crippen LogP contribution is -2.47. The highest BCUT2D eigenvalue weighted by atomic mass is 16.4. The van der Waals surface area contributed by atoms with Crippen molar-refractivity contribution >= 4 is 12.0 Å². The minimum atomic E-state index is -0.742. The van der Waals surface area contributed by atoms with Gasteiger partial charge in [0.05, 0.1) is 0 Å². The van der Waals surface area contributed by atoms with Crippen LogP contribution in [0.4, 0.5) is 4.79 Å². The minimum absolute atomic E-state index is 0.0292. The number of nitrogens with one attached hydrogen (secondary N) is 1. The van der Waals surface area contributed by atoms with Crippen LogP contribution in [0.5, 0.6) is 0 Å². The summed E-state index contributed by atoms with van der Waals surface area (Å²) in [5.74, 6) is 0.770. The second kappa shape index (κ2) is 8.90. The summed E-state index contributed by atoms with van der Waals surface area (Å²) in [6, 6.07) is 0.0292. The van der Waals surface area contributed by atoms with Crippen LogP contribution in [0.1, 0.15) is 52.9 Å². The first-order valence-corrected chi connectivity index (χ1v) is 8.16. The Bertz CT molecular complexity index is 336. The molecule has 0 spiro atoms. The average Bonchev–Trinajstić information content (AvgIpc) is 2.41. The average molecular weight is 298 g/mol. The molecule has 1 heterocycles. The maximum atomic E-state index is 12.1. The lowest BCUT2D eigenvalue weighted by molar-refractivity contribution is -0.137. The predicted octanol–water partition coefficient (Wildman–Crippen LogP) is 2.96. The smallest absolute Gasteiger partial charge is 0.317 e. The standard InChI is InChI=1S/C16H30N2O3/c1-4-14(5-6-15(19)20)7-8-17-16(21)18-10-12(2)9-13(3)11-18/h12-14H,4-11H2,1-3H3,(H,17,21)(H,19,20). The molecule has 3 unspecified atom stereocenters.